The minimum absolute atomic E-state index is 0.0202. The van der Waals surface area contributed by atoms with Crippen LogP contribution in [0, 0.1) is 5.92 Å². The van der Waals surface area contributed by atoms with Crippen LogP contribution in [-0.4, -0.2) is 26.6 Å². The van der Waals surface area contributed by atoms with Gasteiger partial charge in [-0.1, -0.05) is 61.8 Å². The molecule has 0 saturated heterocycles. The molecule has 0 saturated carbocycles. The Balaban J connectivity index is 1.62. The topological polar surface area (TPSA) is 72.2 Å². The molecule has 0 radical (unpaired) electrons. The maximum Gasteiger partial charge on any atom is 0.416 e. The van der Waals surface area contributed by atoms with Crippen LogP contribution < -0.4 is 0 Å². The van der Waals surface area contributed by atoms with E-state index in [2.05, 4.69) is 18.9 Å². The summed E-state index contributed by atoms with van der Waals surface area (Å²) < 4.78 is 41.1. The van der Waals surface area contributed by atoms with Gasteiger partial charge in [0.1, 0.15) is 0 Å². The second kappa shape index (κ2) is 11.6. The number of alkyl halides is 3. The molecular weight excluding hydrogens is 529 g/mol. The van der Waals surface area contributed by atoms with E-state index in [0.29, 0.717) is 29.0 Å². The summed E-state index contributed by atoms with van der Waals surface area (Å²) in [5, 5.41) is 14.3. The molecule has 4 rings (SSSR count). The van der Waals surface area contributed by atoms with Crippen molar-refractivity contribution < 1.29 is 27.9 Å². The number of aromatic nitrogens is 2. The normalized spacial score (nSPS) is 12.7. The molecular formula is C30H28ClF3N2O3. The monoisotopic (exact) mass is 556 g/mol. The van der Waals surface area contributed by atoms with Crippen LogP contribution in [0.3, 0.4) is 0 Å². The van der Waals surface area contributed by atoms with Crippen LogP contribution >= 0.6 is 11.6 Å². The number of rotatable bonds is 10. The van der Waals surface area contributed by atoms with Gasteiger partial charge in [-0.05, 0) is 54.2 Å². The number of halogens is 4. The number of carbonyl (C=O) groups is 2. The fraction of sp³-hybridized carbons (Fsp3) is 0.300. The Morgan fingerprint density at radius 1 is 1.00 bits per heavy atom. The third kappa shape index (κ3) is 6.68. The van der Waals surface area contributed by atoms with Crippen LogP contribution in [0.5, 0.6) is 0 Å². The molecule has 1 aromatic heterocycles. The SMILES string of the molecule is CC(C)C[C@@H](c1ccc(C(=O)CCCC(=O)O)cc1)n1ncc2cc(-c3ccc(C(F)(F)F)cc3Cl)ccc21. The average Bonchev–Trinajstić information content (AvgIpc) is 3.29. The fourth-order valence-electron chi connectivity index (χ4n) is 4.65. The number of carbonyl (C=O) groups excluding carboxylic acids is 1. The van der Waals surface area contributed by atoms with E-state index in [1.807, 2.05) is 35.0 Å². The fourth-order valence-corrected chi connectivity index (χ4v) is 4.94. The third-order valence-electron chi connectivity index (χ3n) is 6.60. The van der Waals surface area contributed by atoms with E-state index in [4.69, 9.17) is 16.7 Å². The Hall–Kier alpha value is -3.65. The molecule has 0 fully saturated rings. The number of carboxylic acid groups (broad SMARTS) is 1. The minimum atomic E-state index is -4.47. The van der Waals surface area contributed by atoms with Gasteiger partial charge in [0.05, 0.1) is 23.3 Å². The maximum absolute atomic E-state index is 13.1. The molecule has 0 amide bonds. The van der Waals surface area contributed by atoms with E-state index in [-0.39, 0.29) is 29.7 Å². The van der Waals surface area contributed by atoms with Gasteiger partial charge in [-0.25, -0.2) is 0 Å². The summed E-state index contributed by atoms with van der Waals surface area (Å²) in [5.41, 5.74) is 2.77. The van der Waals surface area contributed by atoms with E-state index in [1.165, 1.54) is 6.07 Å². The van der Waals surface area contributed by atoms with E-state index >= 15 is 0 Å². The number of ketones is 1. The van der Waals surface area contributed by atoms with Crippen LogP contribution in [0.1, 0.15) is 67.1 Å². The Bertz CT molecular complexity index is 1490. The summed E-state index contributed by atoms with van der Waals surface area (Å²) in [6, 6.07) is 16.1. The Labute approximate surface area is 229 Å². The number of nitrogens with zero attached hydrogens (tertiary/aromatic N) is 2. The van der Waals surface area contributed by atoms with Crippen molar-refractivity contribution in [1.82, 2.24) is 9.78 Å². The highest BCUT2D eigenvalue weighted by molar-refractivity contribution is 6.33. The summed E-state index contributed by atoms with van der Waals surface area (Å²) in [4.78, 5) is 23.2. The first-order valence-corrected chi connectivity index (χ1v) is 13.0. The number of carboxylic acids is 1. The van der Waals surface area contributed by atoms with Gasteiger partial charge in [0, 0.05) is 34.4 Å². The minimum Gasteiger partial charge on any atom is -0.481 e. The van der Waals surface area contributed by atoms with Gasteiger partial charge in [0.2, 0.25) is 0 Å². The summed E-state index contributed by atoms with van der Waals surface area (Å²) in [7, 11) is 0. The molecule has 0 spiro atoms. The molecule has 39 heavy (non-hydrogen) atoms. The summed E-state index contributed by atoms with van der Waals surface area (Å²) in [6.45, 7) is 4.23. The highest BCUT2D eigenvalue weighted by atomic mass is 35.5. The summed E-state index contributed by atoms with van der Waals surface area (Å²) in [6.07, 6.45) is -1.52. The molecule has 0 aliphatic carbocycles. The zero-order valence-corrected chi connectivity index (χ0v) is 22.3. The second-order valence-corrected chi connectivity index (χ2v) is 10.4. The molecule has 1 atom stereocenters. The van der Waals surface area contributed by atoms with Crippen molar-refractivity contribution in [3.8, 4) is 11.1 Å². The molecule has 4 aromatic rings. The quantitative estimate of drug-likeness (QED) is 0.199. The number of hydrogen-bond acceptors (Lipinski definition) is 3. The lowest BCUT2D eigenvalue weighted by atomic mass is 9.95. The highest BCUT2D eigenvalue weighted by Gasteiger charge is 2.31. The number of aliphatic carboxylic acids is 1. The molecule has 0 aliphatic rings. The van der Waals surface area contributed by atoms with Crippen molar-refractivity contribution >= 4 is 34.3 Å². The van der Waals surface area contributed by atoms with Gasteiger partial charge in [-0.2, -0.15) is 18.3 Å². The van der Waals surface area contributed by atoms with Crippen molar-refractivity contribution in [1.29, 1.82) is 0 Å². The van der Waals surface area contributed by atoms with Crippen LogP contribution in [0.4, 0.5) is 13.2 Å². The van der Waals surface area contributed by atoms with Crippen molar-refractivity contribution in [3.63, 3.8) is 0 Å². The van der Waals surface area contributed by atoms with Crippen LogP contribution in [-0.2, 0) is 11.0 Å². The molecule has 1 N–H and O–H groups in total. The molecule has 0 aliphatic heterocycles. The van der Waals surface area contributed by atoms with E-state index in [9.17, 15) is 22.8 Å². The Kier molecular flexibility index (Phi) is 8.45. The van der Waals surface area contributed by atoms with Gasteiger partial charge < -0.3 is 5.11 Å². The number of Topliss-reactive ketones (excluding diaryl/α,β-unsaturated/α-hetero) is 1. The van der Waals surface area contributed by atoms with Crippen molar-refractivity contribution in [2.45, 2.75) is 51.7 Å². The second-order valence-electron chi connectivity index (χ2n) is 9.99. The largest absolute Gasteiger partial charge is 0.481 e. The molecule has 0 bridgehead atoms. The van der Waals surface area contributed by atoms with E-state index in [0.717, 1.165) is 35.0 Å². The number of hydrogen-bond donors (Lipinski definition) is 1. The van der Waals surface area contributed by atoms with Crippen molar-refractivity contribution in [2.24, 2.45) is 5.92 Å². The van der Waals surface area contributed by atoms with Crippen LogP contribution in [0.15, 0.2) is 66.9 Å². The maximum atomic E-state index is 13.1. The van der Waals surface area contributed by atoms with Gasteiger partial charge in [-0.3, -0.25) is 14.3 Å². The van der Waals surface area contributed by atoms with Gasteiger partial charge >= 0.3 is 12.1 Å². The molecule has 204 valence electrons. The lowest BCUT2D eigenvalue weighted by Gasteiger charge is -2.21. The highest BCUT2D eigenvalue weighted by Crippen LogP contribution is 2.37. The van der Waals surface area contributed by atoms with Gasteiger partial charge in [0.15, 0.2) is 5.78 Å². The number of benzene rings is 3. The smallest absolute Gasteiger partial charge is 0.416 e. The molecule has 0 unspecified atom stereocenters. The molecule has 5 nitrogen and oxygen atoms in total. The first-order chi connectivity index (χ1) is 18.4. The molecule has 1 heterocycles. The van der Waals surface area contributed by atoms with E-state index < -0.39 is 17.7 Å². The zero-order chi connectivity index (χ0) is 28.3. The lowest BCUT2D eigenvalue weighted by molar-refractivity contribution is -0.138. The molecule has 3 aromatic carbocycles. The van der Waals surface area contributed by atoms with Crippen LogP contribution in [0.2, 0.25) is 5.02 Å². The predicted molar refractivity (Wildman–Crippen MR) is 145 cm³/mol. The van der Waals surface area contributed by atoms with Crippen molar-refractivity contribution in [2.75, 3.05) is 0 Å². The van der Waals surface area contributed by atoms with Gasteiger partial charge in [0.25, 0.3) is 0 Å². The van der Waals surface area contributed by atoms with E-state index in [1.54, 1.807) is 18.3 Å². The van der Waals surface area contributed by atoms with Crippen LogP contribution in [0.25, 0.3) is 22.0 Å². The predicted octanol–water partition coefficient (Wildman–Crippen LogP) is 8.45. The van der Waals surface area contributed by atoms with Crippen molar-refractivity contribution in [3.05, 3.63) is 88.6 Å². The average molecular weight is 557 g/mol. The van der Waals surface area contributed by atoms with Gasteiger partial charge in [-0.15, -0.1) is 0 Å². The summed E-state index contributed by atoms with van der Waals surface area (Å²) >= 11 is 6.22. The first-order valence-electron chi connectivity index (χ1n) is 12.6. The standard InChI is InChI=1S/C30H28ClF3N2O3/c1-18(2)14-27(19-6-8-20(9-7-19)28(37)4-3-5-29(38)39)36-26-13-10-21(15-22(26)17-35-36)24-12-11-23(16-25(24)31)30(32,33)34/h6-13,15-18,27H,3-5,14H2,1-2H3,(H,38,39)/t27-/m0/s1. The third-order valence-corrected chi connectivity index (χ3v) is 6.92. The lowest BCUT2D eigenvalue weighted by Crippen LogP contribution is -2.15. The number of fused-ring (bicyclic) bond motifs is 1. The Morgan fingerprint density at radius 2 is 1.72 bits per heavy atom. The first kappa shape index (κ1) is 28.4. The summed E-state index contributed by atoms with van der Waals surface area (Å²) in [5.74, 6) is -0.672. The Morgan fingerprint density at radius 3 is 2.33 bits per heavy atom. The molecule has 9 heteroatoms. The zero-order valence-electron chi connectivity index (χ0n) is 21.5.